The van der Waals surface area contributed by atoms with Crippen molar-refractivity contribution in [3.05, 3.63) is 22.4 Å². The summed E-state index contributed by atoms with van der Waals surface area (Å²) in [6.07, 6.45) is 1.37. The van der Waals surface area contributed by atoms with E-state index in [4.69, 9.17) is 0 Å². The molecule has 1 saturated heterocycles. The Balaban J connectivity index is 1.66. The summed E-state index contributed by atoms with van der Waals surface area (Å²) in [7, 11) is 1.83. The zero-order valence-corrected chi connectivity index (χ0v) is 14.2. The fourth-order valence-corrected chi connectivity index (χ4v) is 3.78. The lowest BCUT2D eigenvalue weighted by Gasteiger charge is -2.35. The zero-order chi connectivity index (χ0) is 15.1. The van der Waals surface area contributed by atoms with Crippen LogP contribution in [0.25, 0.3) is 0 Å². The topological polar surface area (TPSA) is 39.7 Å². The molecule has 1 aromatic heterocycles. The van der Waals surface area contributed by atoms with Crippen LogP contribution in [0.1, 0.15) is 25.8 Å². The molecule has 2 atom stereocenters. The molecule has 0 bridgehead atoms. The van der Waals surface area contributed by atoms with Crippen molar-refractivity contribution in [3.8, 4) is 0 Å². The Morgan fingerprint density at radius 1 is 1.33 bits per heavy atom. The third kappa shape index (κ3) is 5.67. The largest absolute Gasteiger partial charge is 0.355 e. The fraction of sp³-hybridized carbons (Fsp3) is 0.688. The summed E-state index contributed by atoms with van der Waals surface area (Å²) < 4.78 is 0. The third-order valence-corrected chi connectivity index (χ3v) is 4.66. The van der Waals surface area contributed by atoms with Crippen molar-refractivity contribution in [2.24, 2.45) is 16.8 Å². The van der Waals surface area contributed by atoms with Crippen molar-refractivity contribution < 1.29 is 0 Å². The molecule has 1 aliphatic heterocycles. The summed E-state index contributed by atoms with van der Waals surface area (Å²) in [5, 5.41) is 11.0. The average Bonchev–Trinajstić information content (AvgIpc) is 2.94. The van der Waals surface area contributed by atoms with Gasteiger partial charge in [-0.05, 0) is 40.6 Å². The van der Waals surface area contributed by atoms with Gasteiger partial charge in [-0.25, -0.2) is 0 Å². The number of piperidine rings is 1. The molecule has 0 aliphatic carbocycles. The highest BCUT2D eigenvalue weighted by atomic mass is 32.1. The monoisotopic (exact) mass is 308 g/mol. The zero-order valence-electron chi connectivity index (χ0n) is 13.4. The van der Waals surface area contributed by atoms with E-state index in [2.05, 4.69) is 51.2 Å². The average molecular weight is 308 g/mol. The van der Waals surface area contributed by atoms with Gasteiger partial charge in [0, 0.05) is 39.8 Å². The van der Waals surface area contributed by atoms with Crippen LogP contribution in [0.2, 0.25) is 0 Å². The summed E-state index contributed by atoms with van der Waals surface area (Å²) >= 11 is 1.73. The van der Waals surface area contributed by atoms with Gasteiger partial charge in [0.2, 0.25) is 0 Å². The first-order chi connectivity index (χ1) is 10.2. The highest BCUT2D eigenvalue weighted by Gasteiger charge is 2.21. The molecular formula is C16H28N4S. The molecule has 0 aromatic carbocycles. The van der Waals surface area contributed by atoms with Crippen LogP contribution >= 0.6 is 11.3 Å². The number of thiophene rings is 1. The smallest absolute Gasteiger partial charge is 0.191 e. The molecule has 2 N–H and O–H groups in total. The second kappa shape index (κ2) is 8.39. The molecule has 1 fully saturated rings. The number of nitrogens with one attached hydrogen (secondary N) is 2. The van der Waals surface area contributed by atoms with E-state index in [0.29, 0.717) is 0 Å². The van der Waals surface area contributed by atoms with Crippen molar-refractivity contribution in [3.63, 3.8) is 0 Å². The number of guanidine groups is 1. The van der Waals surface area contributed by atoms with E-state index in [-0.39, 0.29) is 0 Å². The molecule has 0 spiro atoms. The predicted molar refractivity (Wildman–Crippen MR) is 91.9 cm³/mol. The quantitative estimate of drug-likeness (QED) is 0.648. The number of hydrogen-bond acceptors (Lipinski definition) is 3. The molecule has 1 aliphatic rings. The van der Waals surface area contributed by atoms with Gasteiger partial charge in [-0.1, -0.05) is 13.8 Å². The van der Waals surface area contributed by atoms with Gasteiger partial charge in [-0.3, -0.25) is 4.99 Å². The first-order valence-corrected chi connectivity index (χ1v) is 8.79. The minimum atomic E-state index is 0.824. The minimum absolute atomic E-state index is 0.824. The third-order valence-electron chi connectivity index (χ3n) is 3.93. The van der Waals surface area contributed by atoms with Gasteiger partial charge >= 0.3 is 0 Å². The van der Waals surface area contributed by atoms with E-state index in [1.807, 2.05) is 7.05 Å². The molecular weight excluding hydrogens is 280 g/mol. The van der Waals surface area contributed by atoms with Gasteiger partial charge in [-0.15, -0.1) is 0 Å². The molecule has 1 aromatic rings. The molecule has 0 saturated carbocycles. The summed E-state index contributed by atoms with van der Waals surface area (Å²) in [5.74, 6) is 2.54. The van der Waals surface area contributed by atoms with Crippen LogP contribution in [0.4, 0.5) is 0 Å². The Labute approximate surface area is 132 Å². The number of rotatable bonds is 5. The molecule has 2 unspecified atom stereocenters. The van der Waals surface area contributed by atoms with Gasteiger partial charge in [-0.2, -0.15) is 11.3 Å². The van der Waals surface area contributed by atoms with E-state index in [0.717, 1.165) is 37.4 Å². The highest BCUT2D eigenvalue weighted by molar-refractivity contribution is 7.07. The van der Waals surface area contributed by atoms with Crippen LogP contribution < -0.4 is 10.6 Å². The number of hydrogen-bond donors (Lipinski definition) is 2. The molecule has 2 heterocycles. The summed E-state index contributed by atoms with van der Waals surface area (Å²) in [6.45, 7) is 10.0. The van der Waals surface area contributed by atoms with E-state index in [1.165, 1.54) is 25.1 Å². The molecule has 118 valence electrons. The standard InChI is InChI=1S/C16H28N4S/c1-13-8-14(2)11-20(10-13)6-5-18-16(17-3)19-9-15-4-7-21-12-15/h4,7,12-14H,5-6,8-11H2,1-3H3,(H2,17,18,19). The van der Waals surface area contributed by atoms with Crippen molar-refractivity contribution in [1.29, 1.82) is 0 Å². The summed E-state index contributed by atoms with van der Waals surface area (Å²) in [5.41, 5.74) is 1.31. The predicted octanol–water partition coefficient (Wildman–Crippen LogP) is 2.39. The maximum absolute atomic E-state index is 4.28. The Hall–Kier alpha value is -1.07. The van der Waals surface area contributed by atoms with Crippen LogP contribution in [0.3, 0.4) is 0 Å². The van der Waals surface area contributed by atoms with Crippen LogP contribution in [-0.2, 0) is 6.54 Å². The van der Waals surface area contributed by atoms with Crippen LogP contribution in [0.5, 0.6) is 0 Å². The number of aliphatic imine (C=N–C) groups is 1. The Morgan fingerprint density at radius 2 is 2.10 bits per heavy atom. The number of nitrogens with zero attached hydrogens (tertiary/aromatic N) is 2. The Bertz CT molecular complexity index is 419. The first kappa shape index (κ1) is 16.3. The van der Waals surface area contributed by atoms with Gasteiger partial charge in [0.25, 0.3) is 0 Å². The lowest BCUT2D eigenvalue weighted by molar-refractivity contribution is 0.143. The fourth-order valence-electron chi connectivity index (χ4n) is 3.11. The van der Waals surface area contributed by atoms with E-state index < -0.39 is 0 Å². The maximum Gasteiger partial charge on any atom is 0.191 e. The second-order valence-electron chi connectivity index (χ2n) is 6.19. The molecule has 21 heavy (non-hydrogen) atoms. The van der Waals surface area contributed by atoms with Crippen LogP contribution in [0, 0.1) is 11.8 Å². The Kier molecular flexibility index (Phi) is 6.51. The van der Waals surface area contributed by atoms with Crippen LogP contribution in [-0.4, -0.2) is 44.1 Å². The second-order valence-corrected chi connectivity index (χ2v) is 6.97. The minimum Gasteiger partial charge on any atom is -0.355 e. The molecule has 0 amide bonds. The molecule has 0 radical (unpaired) electrons. The van der Waals surface area contributed by atoms with E-state index in [1.54, 1.807) is 11.3 Å². The van der Waals surface area contributed by atoms with Crippen molar-refractivity contribution >= 4 is 17.3 Å². The summed E-state index contributed by atoms with van der Waals surface area (Å²) in [6, 6.07) is 2.14. The van der Waals surface area contributed by atoms with E-state index >= 15 is 0 Å². The van der Waals surface area contributed by atoms with Gasteiger partial charge in [0.05, 0.1) is 0 Å². The van der Waals surface area contributed by atoms with Crippen molar-refractivity contribution in [2.75, 3.05) is 33.2 Å². The molecule has 5 heteroatoms. The van der Waals surface area contributed by atoms with Gasteiger partial charge < -0.3 is 15.5 Å². The molecule has 2 rings (SSSR count). The maximum atomic E-state index is 4.28. The first-order valence-electron chi connectivity index (χ1n) is 7.85. The molecule has 4 nitrogen and oxygen atoms in total. The summed E-state index contributed by atoms with van der Waals surface area (Å²) in [4.78, 5) is 6.85. The van der Waals surface area contributed by atoms with E-state index in [9.17, 15) is 0 Å². The number of likely N-dealkylation sites (tertiary alicyclic amines) is 1. The van der Waals surface area contributed by atoms with Gasteiger partial charge in [0.1, 0.15) is 0 Å². The highest BCUT2D eigenvalue weighted by Crippen LogP contribution is 2.20. The lowest BCUT2D eigenvalue weighted by atomic mass is 9.92. The van der Waals surface area contributed by atoms with Crippen LogP contribution in [0.15, 0.2) is 21.8 Å². The van der Waals surface area contributed by atoms with Crippen molar-refractivity contribution in [1.82, 2.24) is 15.5 Å². The SMILES string of the molecule is CN=C(NCCN1CC(C)CC(C)C1)NCc1ccsc1. The van der Waals surface area contributed by atoms with Crippen molar-refractivity contribution in [2.45, 2.75) is 26.8 Å². The normalized spacial score (nSPS) is 24.0. The lowest BCUT2D eigenvalue weighted by Crippen LogP contribution is -2.45. The Morgan fingerprint density at radius 3 is 2.71 bits per heavy atom. The van der Waals surface area contributed by atoms with Gasteiger partial charge in [0.15, 0.2) is 5.96 Å².